The molecule has 11 atom stereocenters. The predicted octanol–water partition coefficient (Wildman–Crippen LogP) is -0.442. The van der Waals surface area contributed by atoms with E-state index in [0.717, 1.165) is 6.08 Å². The fourth-order valence-electron chi connectivity index (χ4n) is 6.47. The lowest BCUT2D eigenvalue weighted by Crippen LogP contribution is -2.59. The molecule has 2 aliphatic heterocycles. The molecule has 3 rings (SSSR count). The topological polar surface area (TPSA) is 266 Å². The van der Waals surface area contributed by atoms with Crippen LogP contribution in [0.15, 0.2) is 58.5 Å². The number of nitrogens with two attached hydrogens (primary N) is 1. The zero-order valence-electron chi connectivity index (χ0n) is 31.5. The van der Waals surface area contributed by atoms with Gasteiger partial charge in [-0.15, -0.1) is 0 Å². The standard InChI is InChI=1S/C37H55N3O14/c1-18-13-22-28(39-11-8-12-52-36-33(47)32(46)31(45)27(17-41)53-36)24(42)16-23(30(22)44)40-35(48)19(2)9-7-10-25(50-5)34(54-37(38)49)21(4)15-20(3)29(43)26(14-18)51-6/h7,9-10,15-16,18,20,25-27,29,31-34,36,39,41,43,45-47H,8,11-14,17H2,1-6H3,(H2,38,49)(H,40,48)/b10-7-,19-9+,21-15+/t18-,20?,25?,26+,27?,29-,31?,32?,33?,34+,36?/m1/s1. The molecule has 3 aliphatic rings. The first-order valence-corrected chi connectivity index (χ1v) is 17.8. The van der Waals surface area contributed by atoms with Crippen LogP contribution in [-0.2, 0) is 38.1 Å². The van der Waals surface area contributed by atoms with Gasteiger partial charge in [0.15, 0.2) is 12.4 Å². The van der Waals surface area contributed by atoms with E-state index in [1.807, 2.05) is 6.92 Å². The van der Waals surface area contributed by atoms with Crippen LogP contribution in [0.1, 0.15) is 47.0 Å². The number of aliphatic hydroxyl groups excluding tert-OH is 5. The number of nitrogens with one attached hydrogen (secondary N) is 2. The van der Waals surface area contributed by atoms with Crippen molar-refractivity contribution in [2.24, 2.45) is 17.6 Å². The van der Waals surface area contributed by atoms with Gasteiger partial charge < -0.3 is 65.6 Å². The van der Waals surface area contributed by atoms with E-state index < -0.39 is 91.2 Å². The van der Waals surface area contributed by atoms with Crippen molar-refractivity contribution in [1.29, 1.82) is 0 Å². The number of carbonyl (C=O) groups excluding carboxylic acids is 4. The van der Waals surface area contributed by atoms with Crippen LogP contribution in [0.4, 0.5) is 4.79 Å². The maximum Gasteiger partial charge on any atom is 0.405 e. The van der Waals surface area contributed by atoms with Gasteiger partial charge in [0, 0.05) is 43.9 Å². The number of fused-ring (bicyclic) bond motifs is 2. The molecule has 0 saturated carbocycles. The molecule has 0 aromatic carbocycles. The molecular formula is C37H55N3O14. The first kappa shape index (κ1) is 44.6. The molecule has 54 heavy (non-hydrogen) atoms. The molecule has 302 valence electrons. The minimum Gasteiger partial charge on any atom is -0.439 e. The third-order valence-corrected chi connectivity index (χ3v) is 9.55. The van der Waals surface area contributed by atoms with Crippen molar-refractivity contribution in [2.45, 2.75) is 102 Å². The highest BCUT2D eigenvalue weighted by atomic mass is 16.7. The summed E-state index contributed by atoms with van der Waals surface area (Å²) >= 11 is 0. The van der Waals surface area contributed by atoms with Crippen LogP contribution < -0.4 is 16.4 Å². The van der Waals surface area contributed by atoms with Crippen molar-refractivity contribution in [3.8, 4) is 0 Å². The van der Waals surface area contributed by atoms with Crippen LogP contribution in [0.5, 0.6) is 0 Å². The van der Waals surface area contributed by atoms with E-state index in [9.17, 15) is 44.7 Å². The molecule has 2 amide bonds. The van der Waals surface area contributed by atoms with E-state index in [1.54, 1.807) is 26.0 Å². The Kier molecular flexibility index (Phi) is 17.2. The maximum atomic E-state index is 13.9. The van der Waals surface area contributed by atoms with Gasteiger partial charge in [0.1, 0.15) is 30.5 Å². The van der Waals surface area contributed by atoms with Gasteiger partial charge >= 0.3 is 6.09 Å². The second kappa shape index (κ2) is 20.8. The molecule has 2 heterocycles. The molecule has 17 nitrogen and oxygen atoms in total. The highest BCUT2D eigenvalue weighted by molar-refractivity contribution is 6.23. The summed E-state index contributed by atoms with van der Waals surface area (Å²) in [6, 6.07) is 0. The van der Waals surface area contributed by atoms with Crippen molar-refractivity contribution >= 4 is 23.6 Å². The maximum absolute atomic E-state index is 13.9. The minimum atomic E-state index is -1.60. The van der Waals surface area contributed by atoms with Crippen molar-refractivity contribution in [3.05, 3.63) is 58.5 Å². The monoisotopic (exact) mass is 765 g/mol. The first-order chi connectivity index (χ1) is 25.5. The largest absolute Gasteiger partial charge is 0.439 e. The first-order valence-electron chi connectivity index (χ1n) is 17.8. The van der Waals surface area contributed by atoms with Gasteiger partial charge in [-0.05, 0) is 44.6 Å². The van der Waals surface area contributed by atoms with Crippen LogP contribution in [-0.4, -0.2) is 138 Å². The van der Waals surface area contributed by atoms with Gasteiger partial charge in [-0.25, -0.2) is 4.79 Å². The number of rotatable bonds is 10. The second-order valence-electron chi connectivity index (χ2n) is 13.8. The number of aliphatic hydroxyl groups is 5. The summed E-state index contributed by atoms with van der Waals surface area (Å²) in [6.07, 6.45) is -3.89. The smallest absolute Gasteiger partial charge is 0.405 e. The van der Waals surface area contributed by atoms with E-state index in [1.165, 1.54) is 33.3 Å². The highest BCUT2D eigenvalue weighted by Crippen LogP contribution is 2.29. The summed E-state index contributed by atoms with van der Waals surface area (Å²) in [5, 5.41) is 56.6. The van der Waals surface area contributed by atoms with Crippen LogP contribution in [0.25, 0.3) is 0 Å². The molecule has 0 spiro atoms. The van der Waals surface area contributed by atoms with E-state index in [0.29, 0.717) is 5.57 Å². The average molecular weight is 766 g/mol. The Hall–Kier alpha value is -3.78. The van der Waals surface area contributed by atoms with Crippen LogP contribution in [0, 0.1) is 11.8 Å². The van der Waals surface area contributed by atoms with Crippen LogP contribution >= 0.6 is 0 Å². The third-order valence-electron chi connectivity index (χ3n) is 9.55. The number of methoxy groups -OCH3 is 2. The Bertz CT molecular complexity index is 1500. The number of primary amides is 1. The molecule has 0 radical (unpaired) electrons. The molecule has 1 saturated heterocycles. The molecule has 9 N–H and O–H groups in total. The Morgan fingerprint density at radius 2 is 1.74 bits per heavy atom. The third kappa shape index (κ3) is 11.6. The molecular weight excluding hydrogens is 710 g/mol. The molecule has 0 aromatic rings. The average Bonchev–Trinajstić information content (AvgIpc) is 3.13. The summed E-state index contributed by atoms with van der Waals surface area (Å²) in [5.74, 6) is -2.63. The summed E-state index contributed by atoms with van der Waals surface area (Å²) in [7, 11) is 2.85. The number of allylic oxidation sites excluding steroid dienone is 4. The van der Waals surface area contributed by atoms with Gasteiger partial charge in [-0.2, -0.15) is 0 Å². The van der Waals surface area contributed by atoms with E-state index in [2.05, 4.69) is 10.6 Å². The predicted molar refractivity (Wildman–Crippen MR) is 192 cm³/mol. The lowest BCUT2D eigenvalue weighted by molar-refractivity contribution is -0.301. The number of ether oxygens (including phenoxy) is 5. The van der Waals surface area contributed by atoms with E-state index in [-0.39, 0.29) is 60.9 Å². The molecule has 0 aromatic heterocycles. The van der Waals surface area contributed by atoms with Gasteiger partial charge in [-0.3, -0.25) is 14.4 Å². The summed E-state index contributed by atoms with van der Waals surface area (Å²) in [6.45, 7) is 6.29. The molecule has 2 bridgehead atoms. The number of ketones is 2. The normalized spacial score (nSPS) is 35.9. The SMILES string of the molecule is COC1/C=C\C=C(/C)C(=O)NC2=CC(=O)C(NCCCOC3OC(CO)C(O)C(O)C3O)=C(C[C@@H](C)C[C@H](OC)[C@H](O)C(C)/C=C(\C)[C@@H]1OC(N)=O)C2=O. The quantitative estimate of drug-likeness (QED) is 0.0796. The van der Waals surface area contributed by atoms with Gasteiger partial charge in [0.25, 0.3) is 5.91 Å². The zero-order valence-corrected chi connectivity index (χ0v) is 31.5. The van der Waals surface area contributed by atoms with Crippen molar-refractivity contribution in [1.82, 2.24) is 10.6 Å². The van der Waals surface area contributed by atoms with Crippen LogP contribution in [0.3, 0.4) is 0 Å². The number of hydrogen-bond donors (Lipinski definition) is 8. The molecule has 1 fully saturated rings. The van der Waals surface area contributed by atoms with Gasteiger partial charge in [0.05, 0.1) is 36.8 Å². The molecule has 17 heteroatoms. The molecule has 7 unspecified atom stereocenters. The number of carbonyl (C=O) groups is 4. The summed E-state index contributed by atoms with van der Waals surface area (Å²) in [4.78, 5) is 52.4. The Labute approximate surface area is 314 Å². The van der Waals surface area contributed by atoms with Crippen molar-refractivity contribution in [2.75, 3.05) is 34.0 Å². The van der Waals surface area contributed by atoms with E-state index >= 15 is 0 Å². The summed E-state index contributed by atoms with van der Waals surface area (Å²) in [5.41, 5.74) is 6.00. The molecule has 1 aliphatic carbocycles. The van der Waals surface area contributed by atoms with E-state index in [4.69, 9.17) is 29.4 Å². The Balaban J connectivity index is 1.90. The Morgan fingerprint density at radius 1 is 1.04 bits per heavy atom. The van der Waals surface area contributed by atoms with Crippen LogP contribution in [0.2, 0.25) is 0 Å². The Morgan fingerprint density at radius 3 is 2.37 bits per heavy atom. The lowest BCUT2D eigenvalue weighted by atomic mass is 9.85. The van der Waals surface area contributed by atoms with Gasteiger partial charge in [0.2, 0.25) is 11.6 Å². The van der Waals surface area contributed by atoms with Gasteiger partial charge in [-0.1, -0.05) is 38.2 Å². The number of Topliss-reactive ketones (excluding diaryl/α,β-unsaturated/α-hetero) is 1. The van der Waals surface area contributed by atoms with Crippen molar-refractivity contribution in [3.63, 3.8) is 0 Å². The lowest BCUT2D eigenvalue weighted by Gasteiger charge is -2.39. The fourth-order valence-corrected chi connectivity index (χ4v) is 6.47. The highest BCUT2D eigenvalue weighted by Gasteiger charge is 2.44. The fraction of sp³-hybridized carbons (Fsp3) is 0.622. The number of hydrogen-bond acceptors (Lipinski definition) is 15. The summed E-state index contributed by atoms with van der Waals surface area (Å²) < 4.78 is 27.5. The zero-order chi connectivity index (χ0) is 40.3. The second-order valence-corrected chi connectivity index (χ2v) is 13.8. The number of amides is 2. The van der Waals surface area contributed by atoms with Crippen molar-refractivity contribution < 1.29 is 68.4 Å². The minimum absolute atomic E-state index is 0.0197.